The number of benzene rings is 1. The van der Waals surface area contributed by atoms with Gasteiger partial charge in [0.1, 0.15) is 0 Å². The van der Waals surface area contributed by atoms with Crippen LogP contribution in [0.5, 0.6) is 11.5 Å². The third-order valence-electron chi connectivity index (χ3n) is 3.14. The average Bonchev–Trinajstić information content (AvgIpc) is 3.08. The Hall–Kier alpha value is -1.97. The standard InChI is InChI=1S/C15H21N5O2.HI/c1-16-15(18-10-12-6-7-19-20-12)17-9-11-4-5-13(21-2)14(8-11)22-3;/h4-8H,9-10H2,1-3H3,(H,19,20)(H2,16,17,18);1H. The Balaban J connectivity index is 0.00000264. The van der Waals surface area contributed by atoms with E-state index in [0.29, 0.717) is 30.5 Å². The molecule has 0 saturated carbocycles. The van der Waals surface area contributed by atoms with Crippen molar-refractivity contribution < 1.29 is 9.47 Å². The number of rotatable bonds is 6. The molecular formula is C15H22IN5O2. The van der Waals surface area contributed by atoms with Crippen LogP contribution in [0.15, 0.2) is 35.5 Å². The molecule has 0 unspecified atom stereocenters. The molecule has 0 radical (unpaired) electrons. The van der Waals surface area contributed by atoms with E-state index in [0.717, 1.165) is 11.3 Å². The summed E-state index contributed by atoms with van der Waals surface area (Å²) in [6.45, 7) is 1.26. The monoisotopic (exact) mass is 431 g/mol. The van der Waals surface area contributed by atoms with Gasteiger partial charge in [-0.05, 0) is 23.8 Å². The van der Waals surface area contributed by atoms with Crippen molar-refractivity contribution in [2.45, 2.75) is 13.1 Å². The number of guanidine groups is 1. The topological polar surface area (TPSA) is 83.6 Å². The number of aromatic nitrogens is 2. The number of aliphatic imine (C=N–C) groups is 1. The van der Waals surface area contributed by atoms with Crippen molar-refractivity contribution in [3.63, 3.8) is 0 Å². The van der Waals surface area contributed by atoms with Crippen LogP contribution in [0.4, 0.5) is 0 Å². The van der Waals surface area contributed by atoms with Crippen molar-refractivity contribution >= 4 is 29.9 Å². The highest BCUT2D eigenvalue weighted by atomic mass is 127. The van der Waals surface area contributed by atoms with Crippen molar-refractivity contribution in [1.29, 1.82) is 0 Å². The molecule has 0 bridgehead atoms. The van der Waals surface area contributed by atoms with Crippen LogP contribution in [-0.4, -0.2) is 37.4 Å². The van der Waals surface area contributed by atoms with Crippen LogP contribution in [0.3, 0.4) is 0 Å². The maximum atomic E-state index is 5.30. The Bertz CT molecular complexity index is 616. The SMILES string of the molecule is CN=C(NCc1ccc(OC)c(OC)c1)NCc1ccn[nH]1.I. The Labute approximate surface area is 152 Å². The van der Waals surface area contributed by atoms with Gasteiger partial charge in [-0.25, -0.2) is 0 Å². The molecule has 2 aromatic rings. The number of aromatic amines is 1. The number of hydrogen-bond donors (Lipinski definition) is 3. The number of hydrogen-bond acceptors (Lipinski definition) is 4. The zero-order valence-corrected chi connectivity index (χ0v) is 15.8. The summed E-state index contributed by atoms with van der Waals surface area (Å²) in [6.07, 6.45) is 1.72. The van der Waals surface area contributed by atoms with Crippen molar-refractivity contribution in [2.24, 2.45) is 4.99 Å². The lowest BCUT2D eigenvalue weighted by Gasteiger charge is -2.13. The Morgan fingerprint density at radius 1 is 1.13 bits per heavy atom. The normalized spacial score (nSPS) is 10.7. The number of H-pyrrole nitrogens is 1. The van der Waals surface area contributed by atoms with Gasteiger partial charge in [0.25, 0.3) is 0 Å². The van der Waals surface area contributed by atoms with Gasteiger partial charge in [-0.2, -0.15) is 5.10 Å². The molecule has 0 atom stereocenters. The lowest BCUT2D eigenvalue weighted by Crippen LogP contribution is -2.36. The summed E-state index contributed by atoms with van der Waals surface area (Å²) >= 11 is 0. The second-order valence-electron chi connectivity index (χ2n) is 4.55. The molecule has 0 saturated heterocycles. The number of ether oxygens (including phenoxy) is 2. The van der Waals surface area contributed by atoms with Crippen LogP contribution in [-0.2, 0) is 13.1 Å². The third kappa shape index (κ3) is 5.62. The molecule has 126 valence electrons. The van der Waals surface area contributed by atoms with E-state index in [2.05, 4.69) is 25.8 Å². The maximum Gasteiger partial charge on any atom is 0.191 e. The van der Waals surface area contributed by atoms with Crippen LogP contribution < -0.4 is 20.1 Å². The Morgan fingerprint density at radius 2 is 1.87 bits per heavy atom. The largest absolute Gasteiger partial charge is 0.493 e. The number of methoxy groups -OCH3 is 2. The molecule has 0 aliphatic rings. The Kier molecular flexibility index (Phi) is 8.23. The van der Waals surface area contributed by atoms with Crippen molar-refractivity contribution in [3.8, 4) is 11.5 Å². The van der Waals surface area contributed by atoms with Gasteiger partial charge in [-0.3, -0.25) is 10.1 Å². The van der Waals surface area contributed by atoms with E-state index in [4.69, 9.17) is 9.47 Å². The van der Waals surface area contributed by atoms with Crippen LogP contribution in [0, 0.1) is 0 Å². The van der Waals surface area contributed by atoms with Crippen molar-refractivity contribution in [2.75, 3.05) is 21.3 Å². The van der Waals surface area contributed by atoms with Crippen LogP contribution in [0.1, 0.15) is 11.3 Å². The minimum Gasteiger partial charge on any atom is -0.493 e. The first kappa shape index (κ1) is 19.1. The fourth-order valence-electron chi connectivity index (χ4n) is 1.96. The first-order chi connectivity index (χ1) is 10.8. The maximum absolute atomic E-state index is 5.30. The fraction of sp³-hybridized carbons (Fsp3) is 0.333. The second kappa shape index (κ2) is 9.93. The van der Waals surface area contributed by atoms with Gasteiger partial charge in [0.2, 0.25) is 0 Å². The minimum absolute atomic E-state index is 0. The zero-order valence-electron chi connectivity index (χ0n) is 13.4. The molecule has 7 nitrogen and oxygen atoms in total. The summed E-state index contributed by atoms with van der Waals surface area (Å²) in [6, 6.07) is 7.72. The first-order valence-electron chi connectivity index (χ1n) is 6.90. The first-order valence-corrected chi connectivity index (χ1v) is 6.90. The van der Waals surface area contributed by atoms with Gasteiger partial charge in [0.15, 0.2) is 17.5 Å². The zero-order chi connectivity index (χ0) is 15.8. The van der Waals surface area contributed by atoms with Crippen LogP contribution in [0.2, 0.25) is 0 Å². The predicted octanol–water partition coefficient (Wildman–Crippen LogP) is 1.91. The molecule has 8 heteroatoms. The van der Waals surface area contributed by atoms with Gasteiger partial charge in [0, 0.05) is 19.8 Å². The average molecular weight is 431 g/mol. The van der Waals surface area contributed by atoms with E-state index in [1.54, 1.807) is 27.5 Å². The molecule has 1 aromatic carbocycles. The van der Waals surface area contributed by atoms with Gasteiger partial charge in [0.05, 0.1) is 26.5 Å². The highest BCUT2D eigenvalue weighted by Crippen LogP contribution is 2.27. The third-order valence-corrected chi connectivity index (χ3v) is 3.14. The van der Waals surface area contributed by atoms with Gasteiger partial charge in [-0.15, -0.1) is 24.0 Å². The molecule has 0 aliphatic heterocycles. The summed E-state index contributed by atoms with van der Waals surface area (Å²) in [5.74, 6) is 2.14. The fourth-order valence-corrected chi connectivity index (χ4v) is 1.96. The number of nitrogens with one attached hydrogen (secondary N) is 3. The van der Waals surface area contributed by atoms with E-state index < -0.39 is 0 Å². The lowest BCUT2D eigenvalue weighted by atomic mass is 10.2. The number of halogens is 1. The summed E-state index contributed by atoms with van der Waals surface area (Å²) in [5, 5.41) is 13.2. The smallest absolute Gasteiger partial charge is 0.191 e. The van der Waals surface area contributed by atoms with Crippen LogP contribution >= 0.6 is 24.0 Å². The van der Waals surface area contributed by atoms with Crippen molar-refractivity contribution in [1.82, 2.24) is 20.8 Å². The lowest BCUT2D eigenvalue weighted by molar-refractivity contribution is 0.354. The molecule has 0 spiro atoms. The van der Waals surface area contributed by atoms with Crippen molar-refractivity contribution in [3.05, 3.63) is 41.7 Å². The summed E-state index contributed by atoms with van der Waals surface area (Å²) in [5.41, 5.74) is 2.07. The van der Waals surface area contributed by atoms with E-state index in [9.17, 15) is 0 Å². The van der Waals surface area contributed by atoms with E-state index in [1.165, 1.54) is 0 Å². The van der Waals surface area contributed by atoms with Gasteiger partial charge in [-0.1, -0.05) is 6.07 Å². The molecule has 2 rings (SSSR count). The quantitative estimate of drug-likeness (QED) is 0.370. The summed E-state index contributed by atoms with van der Waals surface area (Å²) < 4.78 is 10.5. The van der Waals surface area contributed by atoms with Gasteiger partial charge >= 0.3 is 0 Å². The molecular weight excluding hydrogens is 409 g/mol. The molecule has 1 aromatic heterocycles. The van der Waals surface area contributed by atoms with Crippen LogP contribution in [0.25, 0.3) is 0 Å². The van der Waals surface area contributed by atoms with E-state index in [1.807, 2.05) is 24.3 Å². The molecule has 3 N–H and O–H groups in total. The highest BCUT2D eigenvalue weighted by molar-refractivity contribution is 14.0. The van der Waals surface area contributed by atoms with Gasteiger partial charge < -0.3 is 20.1 Å². The molecule has 0 amide bonds. The molecule has 23 heavy (non-hydrogen) atoms. The summed E-state index contributed by atoms with van der Waals surface area (Å²) in [4.78, 5) is 4.18. The van der Waals surface area contributed by atoms with E-state index in [-0.39, 0.29) is 24.0 Å². The molecule has 0 aliphatic carbocycles. The number of nitrogens with zero attached hydrogens (tertiary/aromatic N) is 2. The molecule has 1 heterocycles. The summed E-state index contributed by atoms with van der Waals surface area (Å²) in [7, 11) is 4.98. The Morgan fingerprint density at radius 3 is 2.48 bits per heavy atom. The molecule has 0 fully saturated rings. The van der Waals surface area contributed by atoms with E-state index >= 15 is 0 Å². The predicted molar refractivity (Wildman–Crippen MR) is 101 cm³/mol. The minimum atomic E-state index is 0. The second-order valence-corrected chi connectivity index (χ2v) is 4.55. The highest BCUT2D eigenvalue weighted by Gasteiger charge is 2.05.